The van der Waals surface area contributed by atoms with Gasteiger partial charge in [-0.2, -0.15) is 10.2 Å². The van der Waals surface area contributed by atoms with Gasteiger partial charge < -0.3 is 4.98 Å². The fourth-order valence-electron chi connectivity index (χ4n) is 2.41. The van der Waals surface area contributed by atoms with Crippen LogP contribution < -0.4 is 5.43 Å². The first-order valence-electron chi connectivity index (χ1n) is 7.33. The van der Waals surface area contributed by atoms with Crippen LogP contribution in [0.25, 0.3) is 22.3 Å². The summed E-state index contributed by atoms with van der Waals surface area (Å²) in [6.07, 6.45) is 3.29. The van der Waals surface area contributed by atoms with E-state index >= 15 is 0 Å². The molecule has 0 aliphatic heterocycles. The second kappa shape index (κ2) is 5.96. The number of rotatable bonds is 4. The summed E-state index contributed by atoms with van der Waals surface area (Å²) >= 11 is 0. The van der Waals surface area contributed by atoms with Crippen molar-refractivity contribution in [2.45, 2.75) is 0 Å². The lowest BCUT2D eigenvalue weighted by Gasteiger charge is -1.99. The van der Waals surface area contributed by atoms with Crippen LogP contribution in [0.4, 0.5) is 10.3 Å². The number of hydrogen-bond donors (Lipinski definition) is 3. The van der Waals surface area contributed by atoms with E-state index < -0.39 is 0 Å². The van der Waals surface area contributed by atoms with Crippen LogP contribution in [-0.2, 0) is 0 Å². The van der Waals surface area contributed by atoms with Gasteiger partial charge in [-0.3, -0.25) is 5.10 Å². The number of nitrogens with one attached hydrogen (secondary N) is 3. The Labute approximate surface area is 136 Å². The Kier molecular flexibility index (Phi) is 3.51. The number of fused-ring (bicyclic) bond motifs is 1. The second-order valence-corrected chi connectivity index (χ2v) is 5.18. The van der Waals surface area contributed by atoms with E-state index in [0.717, 1.165) is 27.9 Å². The molecule has 0 saturated heterocycles. The van der Waals surface area contributed by atoms with Gasteiger partial charge in [0.2, 0.25) is 5.95 Å². The summed E-state index contributed by atoms with van der Waals surface area (Å²) in [5.74, 6) is 0.277. The highest BCUT2D eigenvalue weighted by Gasteiger charge is 2.06. The SMILES string of the molecule is Fc1ccc(-c2[nH]ncc2/C=N\Nc2nc3ccccc3[nH]2)cc1. The molecule has 0 aliphatic carbocycles. The molecule has 2 aromatic heterocycles. The first-order chi connectivity index (χ1) is 11.8. The van der Waals surface area contributed by atoms with Crippen LogP contribution in [0.15, 0.2) is 59.8 Å². The minimum Gasteiger partial charge on any atom is -0.323 e. The van der Waals surface area contributed by atoms with E-state index in [1.54, 1.807) is 24.5 Å². The Morgan fingerprint density at radius 2 is 1.92 bits per heavy atom. The summed E-state index contributed by atoms with van der Waals surface area (Å²) in [4.78, 5) is 7.50. The monoisotopic (exact) mass is 320 g/mol. The predicted molar refractivity (Wildman–Crippen MR) is 91.3 cm³/mol. The standard InChI is InChI=1S/C17H13FN6/c18-13-7-5-11(6-8-13)16-12(9-19-23-16)10-20-24-17-21-14-3-1-2-4-15(14)22-17/h1-10H,(H,19,23)(H2,21,22,24)/b20-10-. The molecule has 0 atom stereocenters. The normalized spacial score (nSPS) is 11.4. The summed E-state index contributed by atoms with van der Waals surface area (Å²) in [5, 5.41) is 11.1. The van der Waals surface area contributed by atoms with Gasteiger partial charge in [0.15, 0.2) is 0 Å². The van der Waals surface area contributed by atoms with E-state index in [0.29, 0.717) is 5.95 Å². The molecule has 2 heterocycles. The highest BCUT2D eigenvalue weighted by Crippen LogP contribution is 2.20. The number of para-hydroxylation sites is 2. The highest BCUT2D eigenvalue weighted by molar-refractivity contribution is 5.88. The maximum Gasteiger partial charge on any atom is 0.222 e. The molecule has 3 N–H and O–H groups in total. The van der Waals surface area contributed by atoms with E-state index in [1.165, 1.54) is 12.1 Å². The number of nitrogens with zero attached hydrogens (tertiary/aromatic N) is 3. The maximum absolute atomic E-state index is 13.0. The zero-order valence-corrected chi connectivity index (χ0v) is 12.5. The summed E-state index contributed by atoms with van der Waals surface area (Å²) in [6, 6.07) is 13.9. The molecule has 0 amide bonds. The molecule has 4 rings (SSSR count). The molecule has 0 fully saturated rings. The molecule has 118 valence electrons. The van der Waals surface area contributed by atoms with Crippen LogP contribution >= 0.6 is 0 Å². The van der Waals surface area contributed by atoms with Gasteiger partial charge in [-0.05, 0) is 36.4 Å². The lowest BCUT2D eigenvalue weighted by molar-refractivity contribution is 0.628. The molecule has 2 aromatic carbocycles. The van der Waals surface area contributed by atoms with E-state index in [2.05, 4.69) is 30.7 Å². The number of hydrazone groups is 1. The van der Waals surface area contributed by atoms with Crippen molar-refractivity contribution in [2.24, 2.45) is 5.10 Å². The molecular weight excluding hydrogens is 307 g/mol. The number of halogens is 1. The number of aromatic amines is 2. The Bertz CT molecular complexity index is 966. The van der Waals surface area contributed by atoms with Gasteiger partial charge in [0.1, 0.15) is 5.82 Å². The van der Waals surface area contributed by atoms with Crippen molar-refractivity contribution in [2.75, 3.05) is 5.43 Å². The Morgan fingerprint density at radius 3 is 2.75 bits per heavy atom. The first-order valence-corrected chi connectivity index (χ1v) is 7.33. The lowest BCUT2D eigenvalue weighted by Crippen LogP contribution is -1.93. The van der Waals surface area contributed by atoms with E-state index in [9.17, 15) is 4.39 Å². The summed E-state index contributed by atoms with van der Waals surface area (Å²) in [7, 11) is 0. The van der Waals surface area contributed by atoms with Gasteiger partial charge in [0.05, 0.1) is 29.1 Å². The third-order valence-electron chi connectivity index (χ3n) is 3.57. The van der Waals surface area contributed by atoms with Crippen LogP contribution in [0, 0.1) is 5.82 Å². The molecule has 4 aromatic rings. The highest BCUT2D eigenvalue weighted by atomic mass is 19.1. The van der Waals surface area contributed by atoms with Crippen LogP contribution in [0.3, 0.4) is 0 Å². The zero-order valence-electron chi connectivity index (χ0n) is 12.5. The summed E-state index contributed by atoms with van der Waals surface area (Å²) in [6.45, 7) is 0. The van der Waals surface area contributed by atoms with Crippen molar-refractivity contribution in [3.8, 4) is 11.3 Å². The number of anilines is 1. The smallest absolute Gasteiger partial charge is 0.222 e. The third kappa shape index (κ3) is 2.74. The van der Waals surface area contributed by atoms with E-state index in [4.69, 9.17) is 0 Å². The van der Waals surface area contributed by atoms with Crippen molar-refractivity contribution >= 4 is 23.2 Å². The van der Waals surface area contributed by atoms with Crippen molar-refractivity contribution in [1.29, 1.82) is 0 Å². The number of aromatic nitrogens is 4. The first kappa shape index (κ1) is 14.1. The molecule has 0 unspecified atom stereocenters. The zero-order chi connectivity index (χ0) is 16.4. The average Bonchev–Trinajstić information content (AvgIpc) is 3.22. The molecular formula is C17H13FN6. The van der Waals surface area contributed by atoms with Crippen LogP contribution in [0.1, 0.15) is 5.56 Å². The molecule has 0 saturated carbocycles. The number of benzene rings is 2. The molecule has 0 aliphatic rings. The van der Waals surface area contributed by atoms with Gasteiger partial charge in [-0.1, -0.05) is 12.1 Å². The number of H-pyrrole nitrogens is 2. The van der Waals surface area contributed by atoms with Crippen molar-refractivity contribution in [3.63, 3.8) is 0 Å². The molecule has 24 heavy (non-hydrogen) atoms. The molecule has 6 nitrogen and oxygen atoms in total. The Hall–Kier alpha value is -3.48. The fraction of sp³-hybridized carbons (Fsp3) is 0. The second-order valence-electron chi connectivity index (χ2n) is 5.18. The van der Waals surface area contributed by atoms with Gasteiger partial charge in [0.25, 0.3) is 0 Å². The fourth-order valence-corrected chi connectivity index (χ4v) is 2.41. The summed E-state index contributed by atoms with van der Waals surface area (Å²) in [5.41, 5.74) is 7.05. The van der Waals surface area contributed by atoms with Crippen LogP contribution in [0.2, 0.25) is 0 Å². The van der Waals surface area contributed by atoms with Crippen molar-refractivity contribution in [1.82, 2.24) is 20.2 Å². The van der Waals surface area contributed by atoms with E-state index in [1.807, 2.05) is 24.3 Å². The predicted octanol–water partition coefficient (Wildman–Crippen LogP) is 3.54. The molecule has 7 heteroatoms. The van der Waals surface area contributed by atoms with Crippen molar-refractivity contribution < 1.29 is 4.39 Å². The molecule has 0 radical (unpaired) electrons. The number of hydrogen-bond acceptors (Lipinski definition) is 4. The Morgan fingerprint density at radius 1 is 1.08 bits per heavy atom. The maximum atomic E-state index is 13.0. The van der Waals surface area contributed by atoms with Gasteiger partial charge >= 0.3 is 0 Å². The van der Waals surface area contributed by atoms with E-state index in [-0.39, 0.29) is 5.82 Å². The van der Waals surface area contributed by atoms with Crippen LogP contribution in [-0.4, -0.2) is 26.4 Å². The number of imidazole rings is 1. The quantitative estimate of drug-likeness (QED) is 0.397. The molecule has 0 bridgehead atoms. The average molecular weight is 320 g/mol. The van der Waals surface area contributed by atoms with Crippen molar-refractivity contribution in [3.05, 3.63) is 66.1 Å². The Balaban J connectivity index is 1.54. The largest absolute Gasteiger partial charge is 0.323 e. The topological polar surface area (TPSA) is 81.8 Å². The summed E-state index contributed by atoms with van der Waals surface area (Å²) < 4.78 is 13.0. The minimum atomic E-state index is -0.278. The lowest BCUT2D eigenvalue weighted by atomic mass is 10.1. The van der Waals surface area contributed by atoms with Gasteiger partial charge in [0, 0.05) is 11.1 Å². The third-order valence-corrected chi connectivity index (χ3v) is 3.57. The van der Waals surface area contributed by atoms with Gasteiger partial charge in [-0.15, -0.1) is 0 Å². The molecule has 0 spiro atoms. The van der Waals surface area contributed by atoms with Gasteiger partial charge in [-0.25, -0.2) is 14.8 Å². The minimum absolute atomic E-state index is 0.278. The van der Waals surface area contributed by atoms with Crippen LogP contribution in [0.5, 0.6) is 0 Å².